The Balaban J connectivity index is 1.72. The summed E-state index contributed by atoms with van der Waals surface area (Å²) in [7, 11) is 3.48. The highest BCUT2D eigenvalue weighted by molar-refractivity contribution is 6.10. The quantitative estimate of drug-likeness (QED) is 0.447. The Morgan fingerprint density at radius 3 is 2.67 bits per heavy atom. The number of carbonyl (C=O) groups excluding carboxylic acids is 1. The third-order valence-electron chi connectivity index (χ3n) is 6.01. The van der Waals surface area contributed by atoms with Gasteiger partial charge in [-0.2, -0.15) is 0 Å². The fraction of sp³-hybridized carbons (Fsp3) is 0.280. The van der Waals surface area contributed by atoms with Crippen LogP contribution < -0.4 is 15.0 Å². The molecule has 0 bridgehead atoms. The molecule has 0 unspecified atom stereocenters. The molecule has 5 rings (SSSR count). The molecule has 0 saturated heterocycles. The van der Waals surface area contributed by atoms with Gasteiger partial charge >= 0.3 is 0 Å². The second-order valence-electron chi connectivity index (χ2n) is 8.20. The van der Waals surface area contributed by atoms with Crippen molar-refractivity contribution in [2.45, 2.75) is 26.7 Å². The summed E-state index contributed by atoms with van der Waals surface area (Å²) in [4.78, 5) is 24.0. The van der Waals surface area contributed by atoms with Gasteiger partial charge in [0.25, 0.3) is 0 Å². The summed E-state index contributed by atoms with van der Waals surface area (Å²) >= 11 is 0. The van der Waals surface area contributed by atoms with Crippen molar-refractivity contribution in [2.24, 2.45) is 5.92 Å². The van der Waals surface area contributed by atoms with Crippen LogP contribution in [0.4, 0.5) is 17.1 Å². The SMILES string of the molecule is CNc1c(N(C(=O)C2CC2)c2cccnc2)cnc2cc(-c3c(C)noc3C)c(OC)cc12. The second kappa shape index (κ2) is 8.20. The lowest BCUT2D eigenvalue weighted by molar-refractivity contribution is -0.119. The first-order valence-electron chi connectivity index (χ1n) is 10.9. The molecule has 3 heterocycles. The average Bonchev–Trinajstić information content (AvgIpc) is 3.63. The van der Waals surface area contributed by atoms with E-state index in [1.165, 1.54) is 0 Å². The number of ether oxygens (including phenoxy) is 1. The Kier molecular flexibility index (Phi) is 5.20. The predicted octanol–water partition coefficient (Wildman–Crippen LogP) is 5.03. The number of fused-ring (bicyclic) bond motifs is 1. The third kappa shape index (κ3) is 3.57. The molecule has 3 aromatic heterocycles. The molecule has 0 aliphatic heterocycles. The zero-order chi connectivity index (χ0) is 23.1. The lowest BCUT2D eigenvalue weighted by Crippen LogP contribution is -2.28. The van der Waals surface area contributed by atoms with Crippen LogP contribution in [0.25, 0.3) is 22.0 Å². The van der Waals surface area contributed by atoms with Gasteiger partial charge in [0.2, 0.25) is 5.91 Å². The zero-order valence-electron chi connectivity index (χ0n) is 19.0. The van der Waals surface area contributed by atoms with E-state index < -0.39 is 0 Å². The third-order valence-corrected chi connectivity index (χ3v) is 6.01. The smallest absolute Gasteiger partial charge is 0.234 e. The van der Waals surface area contributed by atoms with E-state index in [1.54, 1.807) is 30.6 Å². The number of rotatable bonds is 6. The van der Waals surface area contributed by atoms with Gasteiger partial charge in [-0.25, -0.2) is 0 Å². The number of carbonyl (C=O) groups is 1. The lowest BCUT2D eigenvalue weighted by Gasteiger charge is -2.26. The molecule has 0 atom stereocenters. The first kappa shape index (κ1) is 20.9. The minimum atomic E-state index is 0.0297. The molecule has 1 aromatic carbocycles. The second-order valence-corrected chi connectivity index (χ2v) is 8.20. The Labute approximate surface area is 191 Å². The van der Waals surface area contributed by atoms with Gasteiger partial charge < -0.3 is 14.6 Å². The summed E-state index contributed by atoms with van der Waals surface area (Å²) in [6.07, 6.45) is 6.94. The number of hydrogen-bond donors (Lipinski definition) is 1. The fourth-order valence-electron chi connectivity index (χ4n) is 4.26. The average molecular weight is 444 g/mol. The zero-order valence-corrected chi connectivity index (χ0v) is 19.0. The largest absolute Gasteiger partial charge is 0.496 e. The Morgan fingerprint density at radius 2 is 2.06 bits per heavy atom. The maximum absolute atomic E-state index is 13.3. The van der Waals surface area contributed by atoms with Crippen LogP contribution in [-0.2, 0) is 4.79 Å². The van der Waals surface area contributed by atoms with Crippen LogP contribution in [0.5, 0.6) is 5.75 Å². The molecule has 1 N–H and O–H groups in total. The molecule has 1 amide bonds. The van der Waals surface area contributed by atoms with Gasteiger partial charge in [0.1, 0.15) is 11.5 Å². The summed E-state index contributed by atoms with van der Waals surface area (Å²) in [6, 6.07) is 7.64. The van der Waals surface area contributed by atoms with Crippen molar-refractivity contribution < 1.29 is 14.1 Å². The van der Waals surface area contributed by atoms with Crippen LogP contribution in [0.3, 0.4) is 0 Å². The van der Waals surface area contributed by atoms with Crippen LogP contribution in [0.15, 0.2) is 47.4 Å². The van der Waals surface area contributed by atoms with E-state index in [0.717, 1.165) is 46.3 Å². The van der Waals surface area contributed by atoms with Crippen molar-refractivity contribution in [3.63, 3.8) is 0 Å². The number of benzene rings is 1. The number of aromatic nitrogens is 3. The van der Waals surface area contributed by atoms with Gasteiger partial charge in [-0.05, 0) is 51.0 Å². The summed E-state index contributed by atoms with van der Waals surface area (Å²) in [6.45, 7) is 3.78. The highest BCUT2D eigenvalue weighted by atomic mass is 16.5. The van der Waals surface area contributed by atoms with Gasteiger partial charge in [-0.15, -0.1) is 0 Å². The molecule has 1 fully saturated rings. The number of methoxy groups -OCH3 is 1. The molecule has 8 heteroatoms. The van der Waals surface area contributed by atoms with Crippen LogP contribution in [-0.4, -0.2) is 35.2 Å². The summed E-state index contributed by atoms with van der Waals surface area (Å²) in [5, 5.41) is 8.22. The van der Waals surface area contributed by atoms with Crippen molar-refractivity contribution in [2.75, 3.05) is 24.4 Å². The standard InChI is InChI=1S/C25H25N5O3/c1-14-23(15(2)33-29-14)19-10-20-18(11-22(19)32-4)24(26-3)21(13-28-20)30(25(31)16-7-8-16)17-6-5-9-27-12-17/h5-6,9-13,16H,7-8H2,1-4H3,(H,26,28). The Bertz CT molecular complexity index is 1330. The van der Waals surface area contributed by atoms with Crippen LogP contribution in [0, 0.1) is 19.8 Å². The van der Waals surface area contributed by atoms with E-state index in [0.29, 0.717) is 22.9 Å². The number of hydrogen-bond acceptors (Lipinski definition) is 7. The molecular weight excluding hydrogens is 418 g/mol. The van der Waals surface area contributed by atoms with Crippen molar-refractivity contribution in [3.05, 3.63) is 54.3 Å². The molecular formula is C25H25N5O3. The number of nitrogens with one attached hydrogen (secondary N) is 1. The van der Waals surface area contributed by atoms with E-state index in [4.69, 9.17) is 14.2 Å². The fourth-order valence-corrected chi connectivity index (χ4v) is 4.26. The van der Waals surface area contributed by atoms with Crippen molar-refractivity contribution >= 4 is 33.9 Å². The van der Waals surface area contributed by atoms with E-state index in [9.17, 15) is 4.79 Å². The van der Waals surface area contributed by atoms with E-state index in [1.807, 2.05) is 45.2 Å². The molecule has 168 valence electrons. The van der Waals surface area contributed by atoms with E-state index >= 15 is 0 Å². The molecule has 1 aliphatic rings. The van der Waals surface area contributed by atoms with Gasteiger partial charge in [-0.3, -0.25) is 19.7 Å². The van der Waals surface area contributed by atoms with E-state index in [2.05, 4.69) is 15.5 Å². The Morgan fingerprint density at radius 1 is 1.24 bits per heavy atom. The summed E-state index contributed by atoms with van der Waals surface area (Å²) < 4.78 is 11.1. The van der Waals surface area contributed by atoms with Gasteiger partial charge in [0, 0.05) is 30.1 Å². The monoisotopic (exact) mass is 443 g/mol. The molecule has 8 nitrogen and oxygen atoms in total. The number of nitrogens with zero attached hydrogens (tertiary/aromatic N) is 4. The molecule has 0 spiro atoms. The van der Waals surface area contributed by atoms with Gasteiger partial charge in [0.15, 0.2) is 0 Å². The lowest BCUT2D eigenvalue weighted by atomic mass is 9.99. The predicted molar refractivity (Wildman–Crippen MR) is 127 cm³/mol. The summed E-state index contributed by atoms with van der Waals surface area (Å²) in [5.41, 5.74) is 5.50. The van der Waals surface area contributed by atoms with Gasteiger partial charge in [-0.1, -0.05) is 5.16 Å². The number of amides is 1. The first-order valence-corrected chi connectivity index (χ1v) is 10.9. The number of aryl methyl sites for hydroxylation is 2. The van der Waals surface area contributed by atoms with Crippen LogP contribution in [0.1, 0.15) is 24.3 Å². The maximum Gasteiger partial charge on any atom is 0.234 e. The molecule has 33 heavy (non-hydrogen) atoms. The number of anilines is 3. The summed E-state index contributed by atoms with van der Waals surface area (Å²) in [5.74, 6) is 1.48. The molecule has 1 aliphatic carbocycles. The Hall–Kier alpha value is -3.94. The highest BCUT2D eigenvalue weighted by Crippen LogP contribution is 2.44. The van der Waals surface area contributed by atoms with Crippen molar-refractivity contribution in [3.8, 4) is 16.9 Å². The van der Waals surface area contributed by atoms with Crippen molar-refractivity contribution in [1.82, 2.24) is 15.1 Å². The highest BCUT2D eigenvalue weighted by Gasteiger charge is 2.36. The molecule has 1 saturated carbocycles. The maximum atomic E-state index is 13.3. The topological polar surface area (TPSA) is 93.4 Å². The van der Waals surface area contributed by atoms with Crippen LogP contribution in [0.2, 0.25) is 0 Å². The minimum Gasteiger partial charge on any atom is -0.496 e. The van der Waals surface area contributed by atoms with Crippen molar-refractivity contribution in [1.29, 1.82) is 0 Å². The van der Waals surface area contributed by atoms with Crippen LogP contribution >= 0.6 is 0 Å². The first-order chi connectivity index (χ1) is 16.0. The molecule has 0 radical (unpaired) electrons. The normalized spacial score (nSPS) is 13.2. The molecule has 4 aromatic rings. The van der Waals surface area contributed by atoms with E-state index in [-0.39, 0.29) is 11.8 Å². The number of pyridine rings is 2. The van der Waals surface area contributed by atoms with Gasteiger partial charge in [0.05, 0.1) is 53.3 Å². The minimum absolute atomic E-state index is 0.0297.